The molecule has 0 saturated heterocycles. The Balaban J connectivity index is 1.96. The third-order valence-corrected chi connectivity index (χ3v) is 2.93. The van der Waals surface area contributed by atoms with Crippen molar-refractivity contribution in [3.63, 3.8) is 0 Å². The molecule has 2 rings (SSSR count). The Morgan fingerprint density at radius 1 is 1.15 bits per heavy atom. The van der Waals surface area contributed by atoms with Crippen LogP contribution < -0.4 is 10.1 Å². The van der Waals surface area contributed by atoms with Gasteiger partial charge >= 0.3 is 0 Å². The van der Waals surface area contributed by atoms with Crippen molar-refractivity contribution < 1.29 is 13.9 Å². The van der Waals surface area contributed by atoms with E-state index in [2.05, 4.69) is 5.32 Å². The summed E-state index contributed by atoms with van der Waals surface area (Å²) in [6.07, 6.45) is 0. The first-order chi connectivity index (χ1) is 9.56. The van der Waals surface area contributed by atoms with Gasteiger partial charge in [-0.1, -0.05) is 24.3 Å². The first-order valence-corrected chi connectivity index (χ1v) is 6.30. The maximum absolute atomic E-state index is 13.1. The number of halogens is 1. The van der Waals surface area contributed by atoms with Crippen LogP contribution in [-0.4, -0.2) is 12.5 Å². The number of carbonyl (C=O) groups excluding carboxylic acids is 1. The van der Waals surface area contributed by atoms with Crippen molar-refractivity contribution >= 4 is 11.6 Å². The Bertz CT molecular complexity index is 626. The summed E-state index contributed by atoms with van der Waals surface area (Å²) in [4.78, 5) is 11.8. The van der Waals surface area contributed by atoms with Crippen LogP contribution in [0, 0.1) is 19.7 Å². The summed E-state index contributed by atoms with van der Waals surface area (Å²) in [7, 11) is 0. The number of anilines is 1. The van der Waals surface area contributed by atoms with Crippen molar-refractivity contribution in [1.82, 2.24) is 0 Å². The van der Waals surface area contributed by atoms with Crippen molar-refractivity contribution in [2.45, 2.75) is 13.8 Å². The lowest BCUT2D eigenvalue weighted by atomic mass is 10.2. The van der Waals surface area contributed by atoms with Crippen molar-refractivity contribution in [1.29, 1.82) is 0 Å². The first kappa shape index (κ1) is 14.1. The summed E-state index contributed by atoms with van der Waals surface area (Å²) >= 11 is 0. The number of hydrogen-bond acceptors (Lipinski definition) is 2. The Kier molecular flexibility index (Phi) is 4.35. The van der Waals surface area contributed by atoms with Gasteiger partial charge in [0.2, 0.25) is 0 Å². The number of amides is 1. The largest absolute Gasteiger partial charge is 0.483 e. The van der Waals surface area contributed by atoms with Gasteiger partial charge in [-0.15, -0.1) is 0 Å². The Labute approximate surface area is 117 Å². The van der Waals surface area contributed by atoms with E-state index in [4.69, 9.17) is 4.74 Å². The number of carbonyl (C=O) groups is 1. The van der Waals surface area contributed by atoms with E-state index in [1.54, 1.807) is 13.0 Å². The average Bonchev–Trinajstić information content (AvgIpc) is 2.42. The topological polar surface area (TPSA) is 38.3 Å². The Morgan fingerprint density at radius 3 is 2.65 bits per heavy atom. The van der Waals surface area contributed by atoms with Crippen LogP contribution in [-0.2, 0) is 4.79 Å². The maximum atomic E-state index is 13.1. The van der Waals surface area contributed by atoms with Gasteiger partial charge in [0, 0.05) is 11.8 Å². The molecule has 20 heavy (non-hydrogen) atoms. The highest BCUT2D eigenvalue weighted by Gasteiger charge is 2.07. The van der Waals surface area contributed by atoms with Crippen LogP contribution in [0.3, 0.4) is 0 Å². The molecule has 3 nitrogen and oxygen atoms in total. The van der Waals surface area contributed by atoms with Crippen molar-refractivity contribution in [3.8, 4) is 5.75 Å². The lowest BCUT2D eigenvalue weighted by Gasteiger charge is -2.11. The monoisotopic (exact) mass is 273 g/mol. The van der Waals surface area contributed by atoms with E-state index in [1.165, 1.54) is 12.1 Å². The number of benzene rings is 2. The fourth-order valence-corrected chi connectivity index (χ4v) is 1.77. The number of rotatable bonds is 4. The second-order valence-corrected chi connectivity index (χ2v) is 4.56. The second kappa shape index (κ2) is 6.19. The minimum Gasteiger partial charge on any atom is -0.483 e. The van der Waals surface area contributed by atoms with Crippen LogP contribution >= 0.6 is 0 Å². The fraction of sp³-hybridized carbons (Fsp3) is 0.188. The molecule has 0 heterocycles. The Hall–Kier alpha value is -2.36. The highest BCUT2D eigenvalue weighted by atomic mass is 19.1. The van der Waals surface area contributed by atoms with Gasteiger partial charge in [0.1, 0.15) is 11.6 Å². The minimum absolute atomic E-state index is 0.154. The minimum atomic E-state index is -0.384. The highest BCUT2D eigenvalue weighted by Crippen LogP contribution is 2.19. The van der Waals surface area contributed by atoms with Crippen LogP contribution in [0.1, 0.15) is 11.1 Å². The third kappa shape index (κ3) is 3.57. The molecule has 0 aliphatic carbocycles. The van der Waals surface area contributed by atoms with E-state index in [0.717, 1.165) is 16.8 Å². The third-order valence-electron chi connectivity index (χ3n) is 2.93. The summed E-state index contributed by atoms with van der Waals surface area (Å²) < 4.78 is 18.4. The molecule has 0 radical (unpaired) electrons. The molecule has 1 N–H and O–H groups in total. The van der Waals surface area contributed by atoms with E-state index in [1.807, 2.05) is 31.2 Å². The molecule has 2 aromatic carbocycles. The summed E-state index contributed by atoms with van der Waals surface area (Å²) in [5.41, 5.74) is 2.51. The Morgan fingerprint density at radius 2 is 1.90 bits per heavy atom. The zero-order valence-electron chi connectivity index (χ0n) is 11.4. The highest BCUT2D eigenvalue weighted by molar-refractivity contribution is 5.92. The number of nitrogens with one attached hydrogen (secondary N) is 1. The molecule has 4 heteroatoms. The quantitative estimate of drug-likeness (QED) is 0.926. The smallest absolute Gasteiger partial charge is 0.262 e. The molecule has 0 spiro atoms. The predicted molar refractivity (Wildman–Crippen MR) is 76.4 cm³/mol. The summed E-state index contributed by atoms with van der Waals surface area (Å²) in [6.45, 7) is 3.56. The maximum Gasteiger partial charge on any atom is 0.262 e. The van der Waals surface area contributed by atoms with Gasteiger partial charge in [-0.25, -0.2) is 4.39 Å². The van der Waals surface area contributed by atoms with Gasteiger partial charge in [0.15, 0.2) is 6.61 Å². The molecule has 0 aliphatic heterocycles. The first-order valence-electron chi connectivity index (χ1n) is 6.30. The van der Waals surface area contributed by atoms with E-state index in [9.17, 15) is 9.18 Å². The van der Waals surface area contributed by atoms with Gasteiger partial charge in [0.25, 0.3) is 5.91 Å². The van der Waals surface area contributed by atoms with Gasteiger partial charge in [-0.2, -0.15) is 0 Å². The fourth-order valence-electron chi connectivity index (χ4n) is 1.77. The second-order valence-electron chi connectivity index (χ2n) is 4.56. The van der Waals surface area contributed by atoms with Gasteiger partial charge < -0.3 is 10.1 Å². The van der Waals surface area contributed by atoms with Gasteiger partial charge in [-0.05, 0) is 37.1 Å². The summed E-state index contributed by atoms with van der Waals surface area (Å²) in [6, 6.07) is 11.7. The molecule has 0 atom stereocenters. The SMILES string of the molecule is Cc1ccccc1NC(=O)COc1cc(F)ccc1C. The van der Waals surface area contributed by atoms with E-state index >= 15 is 0 Å². The molecule has 0 unspecified atom stereocenters. The van der Waals surface area contributed by atoms with E-state index < -0.39 is 0 Å². The number of ether oxygens (including phenoxy) is 1. The standard InChI is InChI=1S/C16H16FNO2/c1-11-5-3-4-6-14(11)18-16(19)10-20-15-9-13(17)8-7-12(15)2/h3-9H,10H2,1-2H3,(H,18,19). The molecular formula is C16H16FNO2. The molecule has 0 aliphatic rings. The number of hydrogen-bond donors (Lipinski definition) is 1. The van der Waals surface area contributed by atoms with Crippen molar-refractivity contribution in [2.75, 3.05) is 11.9 Å². The molecule has 0 aromatic heterocycles. The van der Waals surface area contributed by atoms with Crippen LogP contribution in [0.2, 0.25) is 0 Å². The molecule has 2 aromatic rings. The van der Waals surface area contributed by atoms with Crippen LogP contribution in [0.25, 0.3) is 0 Å². The summed E-state index contributed by atoms with van der Waals surface area (Å²) in [5.74, 6) is -0.280. The van der Waals surface area contributed by atoms with Crippen LogP contribution in [0.5, 0.6) is 5.75 Å². The normalized spacial score (nSPS) is 10.2. The zero-order chi connectivity index (χ0) is 14.5. The molecular weight excluding hydrogens is 257 g/mol. The number of para-hydroxylation sites is 1. The van der Waals surface area contributed by atoms with Gasteiger partial charge in [-0.3, -0.25) is 4.79 Å². The van der Waals surface area contributed by atoms with Crippen molar-refractivity contribution in [3.05, 3.63) is 59.4 Å². The van der Waals surface area contributed by atoms with Crippen molar-refractivity contribution in [2.24, 2.45) is 0 Å². The molecule has 0 saturated carbocycles. The molecule has 1 amide bonds. The average molecular weight is 273 g/mol. The van der Waals surface area contributed by atoms with Gasteiger partial charge in [0.05, 0.1) is 0 Å². The van der Waals surface area contributed by atoms with E-state index in [-0.39, 0.29) is 18.3 Å². The lowest BCUT2D eigenvalue weighted by Crippen LogP contribution is -2.20. The lowest BCUT2D eigenvalue weighted by molar-refractivity contribution is -0.118. The molecule has 0 fully saturated rings. The van der Waals surface area contributed by atoms with Crippen LogP contribution in [0.15, 0.2) is 42.5 Å². The van der Waals surface area contributed by atoms with Crippen LogP contribution in [0.4, 0.5) is 10.1 Å². The number of aryl methyl sites for hydroxylation is 2. The zero-order valence-corrected chi connectivity index (χ0v) is 11.4. The molecule has 0 bridgehead atoms. The van der Waals surface area contributed by atoms with E-state index in [0.29, 0.717) is 5.75 Å². The summed E-state index contributed by atoms with van der Waals surface area (Å²) in [5, 5.41) is 2.76. The molecule has 104 valence electrons. The predicted octanol–water partition coefficient (Wildman–Crippen LogP) is 3.46.